The number of Topliss-reactive ketones (excluding diaryl/α,β-unsaturated/α-hetero) is 1. The van der Waals surface area contributed by atoms with Crippen LogP contribution in [0.15, 0.2) is 54.6 Å². The zero-order chi connectivity index (χ0) is 14.4. The van der Waals surface area contributed by atoms with Gasteiger partial charge in [-0.1, -0.05) is 54.6 Å². The summed E-state index contributed by atoms with van der Waals surface area (Å²) in [5.74, 6) is -0.746. The van der Waals surface area contributed by atoms with E-state index in [0.717, 1.165) is 11.1 Å². The maximum absolute atomic E-state index is 12.6. The zero-order valence-corrected chi connectivity index (χ0v) is 11.5. The van der Waals surface area contributed by atoms with E-state index < -0.39 is 5.92 Å². The van der Waals surface area contributed by atoms with Crippen LogP contribution in [0.3, 0.4) is 0 Å². The van der Waals surface area contributed by atoms with Crippen LogP contribution in [-0.4, -0.2) is 18.2 Å². The highest BCUT2D eigenvalue weighted by atomic mass is 16.2. The van der Waals surface area contributed by atoms with Gasteiger partial charge in [0.2, 0.25) is 5.91 Å². The highest BCUT2D eigenvalue weighted by Crippen LogP contribution is 2.46. The summed E-state index contributed by atoms with van der Waals surface area (Å²) in [6, 6.07) is 17.9. The van der Waals surface area contributed by atoms with Crippen LogP contribution < -0.4 is 5.32 Å². The van der Waals surface area contributed by atoms with Crippen molar-refractivity contribution in [3.05, 3.63) is 71.3 Å². The van der Waals surface area contributed by atoms with Gasteiger partial charge < -0.3 is 5.32 Å². The maximum Gasteiger partial charge on any atom is 0.231 e. The molecule has 0 radical (unpaired) electrons. The molecule has 1 aliphatic carbocycles. The van der Waals surface area contributed by atoms with E-state index in [-0.39, 0.29) is 17.1 Å². The third-order valence-electron chi connectivity index (χ3n) is 4.78. The minimum absolute atomic E-state index is 0.0469. The lowest BCUT2D eigenvalue weighted by Gasteiger charge is -2.45. The molecule has 1 amide bonds. The average molecular weight is 277 g/mol. The second-order valence-corrected chi connectivity index (χ2v) is 5.83. The number of carbonyl (C=O) groups excluding carboxylic acids is 2. The van der Waals surface area contributed by atoms with E-state index in [4.69, 9.17) is 0 Å². The number of piperidine rings is 1. The van der Waals surface area contributed by atoms with Crippen LogP contribution in [0.1, 0.15) is 27.9 Å². The molecule has 3 heteroatoms. The Kier molecular flexibility index (Phi) is 2.52. The van der Waals surface area contributed by atoms with Crippen molar-refractivity contribution in [2.24, 2.45) is 5.92 Å². The molecule has 1 heterocycles. The molecule has 2 atom stereocenters. The number of carbonyl (C=O) groups is 2. The molecule has 1 fully saturated rings. The number of hydrogen-bond acceptors (Lipinski definition) is 2. The van der Waals surface area contributed by atoms with E-state index in [2.05, 4.69) is 17.4 Å². The number of amides is 1. The quantitative estimate of drug-likeness (QED) is 0.813. The number of nitrogens with one attached hydrogen (secondary N) is 1. The number of hydrogen-bond donors (Lipinski definition) is 1. The van der Waals surface area contributed by atoms with Crippen molar-refractivity contribution in [1.29, 1.82) is 0 Å². The molecule has 21 heavy (non-hydrogen) atoms. The van der Waals surface area contributed by atoms with Crippen LogP contribution in [0.25, 0.3) is 0 Å². The van der Waals surface area contributed by atoms with Gasteiger partial charge in [-0.25, -0.2) is 0 Å². The molecule has 2 bridgehead atoms. The second kappa shape index (κ2) is 4.29. The standard InChI is InChI=1S/C18H15NO2/c20-16-13-8-4-5-9-15(13)18(12-6-2-1-3-7-12)10-14(16)17(21)19-11-18/h1-9,14H,10-11H2,(H,19,21). The predicted molar refractivity (Wildman–Crippen MR) is 79.1 cm³/mol. The fourth-order valence-corrected chi connectivity index (χ4v) is 3.73. The van der Waals surface area contributed by atoms with Crippen LogP contribution in [0, 0.1) is 5.92 Å². The normalized spacial score (nSPS) is 27.0. The molecule has 3 nitrogen and oxygen atoms in total. The number of rotatable bonds is 1. The van der Waals surface area contributed by atoms with Crippen molar-refractivity contribution < 1.29 is 9.59 Å². The maximum atomic E-state index is 12.6. The smallest absolute Gasteiger partial charge is 0.231 e. The Morgan fingerprint density at radius 3 is 2.48 bits per heavy atom. The highest BCUT2D eigenvalue weighted by molar-refractivity contribution is 6.13. The van der Waals surface area contributed by atoms with Crippen molar-refractivity contribution in [1.82, 2.24) is 5.32 Å². The minimum Gasteiger partial charge on any atom is -0.354 e. The summed E-state index contributed by atoms with van der Waals surface area (Å²) in [6.07, 6.45) is 0.568. The van der Waals surface area contributed by atoms with E-state index in [9.17, 15) is 9.59 Å². The molecule has 2 aromatic carbocycles. The van der Waals surface area contributed by atoms with Crippen LogP contribution in [0.4, 0.5) is 0 Å². The summed E-state index contributed by atoms with van der Waals surface area (Å²) in [7, 11) is 0. The van der Waals surface area contributed by atoms with E-state index in [1.807, 2.05) is 42.5 Å². The summed E-state index contributed by atoms with van der Waals surface area (Å²) in [5.41, 5.74) is 2.62. The Morgan fingerprint density at radius 2 is 1.67 bits per heavy atom. The van der Waals surface area contributed by atoms with E-state index in [1.165, 1.54) is 0 Å². The summed E-state index contributed by atoms with van der Waals surface area (Å²) < 4.78 is 0. The molecule has 0 saturated carbocycles. The van der Waals surface area contributed by atoms with Gasteiger partial charge in [-0.3, -0.25) is 9.59 Å². The molecule has 1 saturated heterocycles. The third-order valence-corrected chi connectivity index (χ3v) is 4.78. The van der Waals surface area contributed by atoms with Gasteiger partial charge in [-0.2, -0.15) is 0 Å². The second-order valence-electron chi connectivity index (χ2n) is 5.83. The van der Waals surface area contributed by atoms with Crippen molar-refractivity contribution in [2.45, 2.75) is 11.8 Å². The van der Waals surface area contributed by atoms with Gasteiger partial charge >= 0.3 is 0 Å². The van der Waals surface area contributed by atoms with E-state index in [1.54, 1.807) is 0 Å². The Morgan fingerprint density at radius 1 is 0.952 bits per heavy atom. The first-order chi connectivity index (χ1) is 10.2. The summed E-state index contributed by atoms with van der Waals surface area (Å²) in [5, 5.41) is 2.93. The van der Waals surface area contributed by atoms with Crippen molar-refractivity contribution in [2.75, 3.05) is 6.54 Å². The lowest BCUT2D eigenvalue weighted by molar-refractivity contribution is -0.126. The summed E-state index contributed by atoms with van der Waals surface area (Å²) >= 11 is 0. The van der Waals surface area contributed by atoms with E-state index >= 15 is 0 Å². The summed E-state index contributed by atoms with van der Waals surface area (Å²) in [6.45, 7) is 0.552. The number of ketones is 1. The average Bonchev–Trinajstić information content (AvgIpc) is 2.55. The number of benzene rings is 2. The molecular formula is C18H15NO2. The van der Waals surface area contributed by atoms with Crippen LogP contribution >= 0.6 is 0 Å². The molecular weight excluding hydrogens is 262 g/mol. The Labute approximate surface area is 123 Å². The molecule has 0 aromatic heterocycles. The molecule has 0 spiro atoms. The van der Waals surface area contributed by atoms with Crippen molar-refractivity contribution in [3.8, 4) is 0 Å². The Hall–Kier alpha value is -2.42. The molecule has 4 rings (SSSR count). The highest BCUT2D eigenvalue weighted by Gasteiger charge is 2.50. The molecule has 2 unspecified atom stereocenters. The van der Waals surface area contributed by atoms with Gasteiger partial charge in [0, 0.05) is 17.5 Å². The largest absolute Gasteiger partial charge is 0.354 e. The van der Waals surface area contributed by atoms with Gasteiger partial charge in [0.25, 0.3) is 0 Å². The van der Waals surface area contributed by atoms with Crippen molar-refractivity contribution in [3.63, 3.8) is 0 Å². The number of fused-ring (bicyclic) bond motifs is 4. The fraction of sp³-hybridized carbons (Fsp3) is 0.222. The van der Waals surface area contributed by atoms with Gasteiger partial charge in [-0.05, 0) is 17.5 Å². The Balaban J connectivity index is 2.00. The van der Waals surface area contributed by atoms with Gasteiger partial charge in [0.1, 0.15) is 5.92 Å². The van der Waals surface area contributed by atoms with Crippen LogP contribution in [0.2, 0.25) is 0 Å². The minimum atomic E-state index is -0.561. The van der Waals surface area contributed by atoms with Crippen molar-refractivity contribution >= 4 is 11.7 Å². The lowest BCUT2D eigenvalue weighted by Crippen LogP contribution is -2.56. The fourth-order valence-electron chi connectivity index (χ4n) is 3.73. The predicted octanol–water partition coefficient (Wildman–Crippen LogP) is 2.31. The van der Waals surface area contributed by atoms with Gasteiger partial charge in [-0.15, -0.1) is 0 Å². The molecule has 1 aliphatic heterocycles. The van der Waals surface area contributed by atoms with Crippen LogP contribution in [-0.2, 0) is 10.2 Å². The molecule has 104 valence electrons. The van der Waals surface area contributed by atoms with Crippen LogP contribution in [0.5, 0.6) is 0 Å². The SMILES string of the molecule is O=C1NCC2(c3ccccc3)CC1C(=O)c1ccccc12. The van der Waals surface area contributed by atoms with E-state index in [0.29, 0.717) is 18.5 Å². The third kappa shape index (κ3) is 1.60. The molecule has 2 aromatic rings. The first kappa shape index (κ1) is 12.3. The lowest BCUT2D eigenvalue weighted by atomic mass is 9.60. The topological polar surface area (TPSA) is 46.2 Å². The zero-order valence-electron chi connectivity index (χ0n) is 11.5. The first-order valence-corrected chi connectivity index (χ1v) is 7.19. The van der Waals surface area contributed by atoms with Gasteiger partial charge in [0.05, 0.1) is 0 Å². The monoisotopic (exact) mass is 277 g/mol. The van der Waals surface area contributed by atoms with Gasteiger partial charge in [0.15, 0.2) is 5.78 Å². The molecule has 1 N–H and O–H groups in total. The molecule has 2 aliphatic rings. The summed E-state index contributed by atoms with van der Waals surface area (Å²) in [4.78, 5) is 24.6. The Bertz CT molecular complexity index is 738. The first-order valence-electron chi connectivity index (χ1n) is 7.19.